The number of hydrogen-bond donors (Lipinski definition) is 1. The molecule has 0 radical (unpaired) electrons. The Morgan fingerprint density at radius 2 is 1.72 bits per heavy atom. The summed E-state index contributed by atoms with van der Waals surface area (Å²) >= 11 is 0. The molecule has 138 valence electrons. The number of nitrogens with two attached hydrogens (primary N) is 1. The van der Waals surface area contributed by atoms with Gasteiger partial charge < -0.3 is 5.73 Å². The molecule has 0 aromatic heterocycles. The van der Waals surface area contributed by atoms with E-state index in [4.69, 9.17) is 5.73 Å². The fraction of sp³-hybridized carbons (Fsp3) is 0.619. The maximum absolute atomic E-state index is 12.2. The zero-order valence-electron chi connectivity index (χ0n) is 15.7. The van der Waals surface area contributed by atoms with E-state index in [9.17, 15) is 9.59 Å². The van der Waals surface area contributed by atoms with Crippen LogP contribution in [0.5, 0.6) is 0 Å². The van der Waals surface area contributed by atoms with Gasteiger partial charge in [-0.1, -0.05) is 51.0 Å². The Hall–Kier alpha value is -1.68. The Morgan fingerprint density at radius 1 is 1.12 bits per heavy atom. The predicted molar refractivity (Wildman–Crippen MR) is 101 cm³/mol. The van der Waals surface area contributed by atoms with Gasteiger partial charge in [0.1, 0.15) is 5.78 Å². The van der Waals surface area contributed by atoms with Crippen molar-refractivity contribution in [1.82, 2.24) is 4.90 Å². The lowest BCUT2D eigenvalue weighted by molar-refractivity contribution is -0.124. The van der Waals surface area contributed by atoms with Crippen molar-refractivity contribution < 1.29 is 9.59 Å². The highest BCUT2D eigenvalue weighted by Crippen LogP contribution is 2.35. The van der Waals surface area contributed by atoms with Crippen LogP contribution in [-0.4, -0.2) is 29.7 Å². The van der Waals surface area contributed by atoms with E-state index in [0.717, 1.165) is 25.2 Å². The molecule has 0 heterocycles. The van der Waals surface area contributed by atoms with Gasteiger partial charge in [0.15, 0.2) is 0 Å². The molecule has 4 heteroatoms. The number of carbonyl (C=O) groups is 2. The first-order valence-electron chi connectivity index (χ1n) is 9.68. The molecule has 2 atom stereocenters. The lowest BCUT2D eigenvalue weighted by atomic mass is 9.94. The Balaban J connectivity index is 1.98. The molecule has 2 rings (SSSR count). The minimum atomic E-state index is -0.352. The Kier molecular flexibility index (Phi) is 7.63. The zero-order valence-corrected chi connectivity index (χ0v) is 15.7. The maximum Gasteiger partial charge on any atom is 0.221 e. The van der Waals surface area contributed by atoms with Crippen LogP contribution >= 0.6 is 0 Å². The first-order chi connectivity index (χ1) is 12.0. The van der Waals surface area contributed by atoms with Crippen molar-refractivity contribution in [1.29, 1.82) is 0 Å². The quantitative estimate of drug-likeness (QED) is 0.705. The summed E-state index contributed by atoms with van der Waals surface area (Å²) in [5, 5.41) is 0. The summed E-state index contributed by atoms with van der Waals surface area (Å²) in [7, 11) is 0. The highest BCUT2D eigenvalue weighted by atomic mass is 16.1. The molecule has 1 aliphatic rings. The van der Waals surface area contributed by atoms with Crippen molar-refractivity contribution in [3.63, 3.8) is 0 Å². The molecule has 25 heavy (non-hydrogen) atoms. The lowest BCUT2D eigenvalue weighted by Crippen LogP contribution is -2.25. The van der Waals surface area contributed by atoms with Crippen LogP contribution in [0.15, 0.2) is 24.3 Å². The van der Waals surface area contributed by atoms with E-state index < -0.39 is 0 Å². The SMILES string of the molecule is CCCCN(CCCC)Cc1ccc(C2CC(C(N)=O)CC2=O)cc1. The molecule has 1 aromatic carbocycles. The summed E-state index contributed by atoms with van der Waals surface area (Å²) < 4.78 is 0. The predicted octanol–water partition coefficient (Wildman–Crippen LogP) is 3.64. The summed E-state index contributed by atoms with van der Waals surface area (Å²) in [6, 6.07) is 8.37. The number of hydrogen-bond acceptors (Lipinski definition) is 3. The third-order valence-electron chi connectivity index (χ3n) is 5.20. The maximum atomic E-state index is 12.2. The highest BCUT2D eigenvalue weighted by molar-refractivity contribution is 5.94. The standard InChI is InChI=1S/C21H32N2O2/c1-3-5-11-23(12-6-4-2)15-16-7-9-17(10-8-16)19-13-18(21(22)25)14-20(19)24/h7-10,18-19H,3-6,11-15H2,1-2H3,(H2,22,25). The van der Waals surface area contributed by atoms with E-state index in [1.165, 1.54) is 31.2 Å². The molecule has 0 aliphatic heterocycles. The Labute approximate surface area is 151 Å². The molecule has 1 amide bonds. The van der Waals surface area contributed by atoms with Crippen molar-refractivity contribution in [2.45, 2.75) is 64.8 Å². The normalized spacial score (nSPS) is 20.4. The molecule has 1 saturated carbocycles. The van der Waals surface area contributed by atoms with Crippen LogP contribution in [0.1, 0.15) is 69.4 Å². The fourth-order valence-corrected chi connectivity index (χ4v) is 3.57. The summed E-state index contributed by atoms with van der Waals surface area (Å²) in [6.45, 7) is 7.69. The third-order valence-corrected chi connectivity index (χ3v) is 5.20. The number of nitrogens with zero attached hydrogens (tertiary/aromatic N) is 1. The van der Waals surface area contributed by atoms with Crippen LogP contribution in [0.25, 0.3) is 0 Å². The van der Waals surface area contributed by atoms with Crippen molar-refractivity contribution in [3.05, 3.63) is 35.4 Å². The summed E-state index contributed by atoms with van der Waals surface area (Å²) in [5.41, 5.74) is 7.67. The average Bonchev–Trinajstić information content (AvgIpc) is 3.00. The number of amides is 1. The van der Waals surface area contributed by atoms with Gasteiger partial charge in [-0.3, -0.25) is 14.5 Å². The number of carbonyl (C=O) groups excluding carboxylic acids is 2. The smallest absolute Gasteiger partial charge is 0.221 e. The molecule has 1 fully saturated rings. The van der Waals surface area contributed by atoms with E-state index in [-0.39, 0.29) is 23.5 Å². The molecular formula is C21H32N2O2. The topological polar surface area (TPSA) is 63.4 Å². The van der Waals surface area contributed by atoms with Gasteiger partial charge in [-0.2, -0.15) is 0 Å². The van der Waals surface area contributed by atoms with E-state index >= 15 is 0 Å². The molecule has 2 unspecified atom stereocenters. The van der Waals surface area contributed by atoms with E-state index in [1.807, 2.05) is 0 Å². The monoisotopic (exact) mass is 344 g/mol. The van der Waals surface area contributed by atoms with Gasteiger partial charge in [-0.05, 0) is 43.5 Å². The fourth-order valence-electron chi connectivity index (χ4n) is 3.57. The molecule has 2 N–H and O–H groups in total. The van der Waals surface area contributed by atoms with Gasteiger partial charge >= 0.3 is 0 Å². The second-order valence-electron chi connectivity index (χ2n) is 7.28. The van der Waals surface area contributed by atoms with Crippen LogP contribution in [0.4, 0.5) is 0 Å². The highest BCUT2D eigenvalue weighted by Gasteiger charge is 2.36. The van der Waals surface area contributed by atoms with Crippen molar-refractivity contribution in [3.8, 4) is 0 Å². The molecular weight excluding hydrogens is 312 g/mol. The van der Waals surface area contributed by atoms with Crippen LogP contribution in [0.2, 0.25) is 0 Å². The van der Waals surface area contributed by atoms with Crippen LogP contribution in [0.3, 0.4) is 0 Å². The van der Waals surface area contributed by atoms with Gasteiger partial charge in [0.2, 0.25) is 5.91 Å². The van der Waals surface area contributed by atoms with Gasteiger partial charge in [0.25, 0.3) is 0 Å². The average molecular weight is 344 g/mol. The van der Waals surface area contributed by atoms with Crippen LogP contribution in [0, 0.1) is 5.92 Å². The molecule has 1 aliphatic carbocycles. The first kappa shape index (κ1) is 19.6. The number of unbranched alkanes of at least 4 members (excludes halogenated alkanes) is 2. The number of rotatable bonds is 10. The zero-order chi connectivity index (χ0) is 18.2. The number of benzene rings is 1. The van der Waals surface area contributed by atoms with Gasteiger partial charge in [0.05, 0.1) is 0 Å². The van der Waals surface area contributed by atoms with Crippen molar-refractivity contribution >= 4 is 11.7 Å². The second-order valence-corrected chi connectivity index (χ2v) is 7.28. The summed E-state index contributed by atoms with van der Waals surface area (Å²) in [4.78, 5) is 26.0. The molecule has 4 nitrogen and oxygen atoms in total. The van der Waals surface area contributed by atoms with E-state index in [0.29, 0.717) is 12.8 Å². The van der Waals surface area contributed by atoms with Crippen molar-refractivity contribution in [2.75, 3.05) is 13.1 Å². The Morgan fingerprint density at radius 3 is 2.20 bits per heavy atom. The summed E-state index contributed by atoms with van der Waals surface area (Å²) in [6.07, 6.45) is 5.74. The number of primary amides is 1. The van der Waals surface area contributed by atoms with E-state index in [2.05, 4.69) is 43.0 Å². The number of Topliss-reactive ketones (excluding diaryl/α,β-unsaturated/α-hetero) is 1. The van der Waals surface area contributed by atoms with Crippen molar-refractivity contribution in [2.24, 2.45) is 11.7 Å². The van der Waals surface area contributed by atoms with Gasteiger partial charge in [-0.15, -0.1) is 0 Å². The first-order valence-corrected chi connectivity index (χ1v) is 9.68. The minimum absolute atomic E-state index is 0.143. The van der Waals surface area contributed by atoms with E-state index in [1.54, 1.807) is 0 Å². The summed E-state index contributed by atoms with van der Waals surface area (Å²) in [5.74, 6) is -0.669. The molecule has 0 spiro atoms. The minimum Gasteiger partial charge on any atom is -0.369 e. The molecule has 0 saturated heterocycles. The molecule has 0 bridgehead atoms. The largest absolute Gasteiger partial charge is 0.369 e. The number of ketones is 1. The second kappa shape index (κ2) is 9.71. The van der Waals surface area contributed by atoms with Crippen LogP contribution in [-0.2, 0) is 16.1 Å². The Bertz CT molecular complexity index is 560. The lowest BCUT2D eigenvalue weighted by Gasteiger charge is -2.22. The van der Waals surface area contributed by atoms with Gasteiger partial charge in [0, 0.05) is 24.8 Å². The van der Waals surface area contributed by atoms with Crippen LogP contribution < -0.4 is 5.73 Å². The third kappa shape index (κ3) is 5.67. The van der Waals surface area contributed by atoms with Gasteiger partial charge in [-0.25, -0.2) is 0 Å². The molecule has 1 aromatic rings.